The van der Waals surface area contributed by atoms with Crippen molar-refractivity contribution in [3.05, 3.63) is 30.5 Å². The number of carbonyl (C=O) groups is 2. The molecule has 0 aliphatic heterocycles. The van der Waals surface area contributed by atoms with Crippen LogP contribution in [0, 0.1) is 5.41 Å². The van der Waals surface area contributed by atoms with E-state index in [1.165, 1.54) is 0 Å². The van der Waals surface area contributed by atoms with Crippen LogP contribution in [0.3, 0.4) is 0 Å². The van der Waals surface area contributed by atoms with Gasteiger partial charge in [0.25, 0.3) is 0 Å². The molecule has 1 aromatic heterocycles. The van der Waals surface area contributed by atoms with Gasteiger partial charge >= 0.3 is 5.97 Å². The van der Waals surface area contributed by atoms with Crippen LogP contribution in [0.25, 0.3) is 10.9 Å². The summed E-state index contributed by atoms with van der Waals surface area (Å²) >= 11 is 0. The largest absolute Gasteiger partial charge is 0.481 e. The Bertz CT molecular complexity index is 847. The number of fused-ring (bicyclic) bond motifs is 1. The lowest BCUT2D eigenvalue weighted by Crippen LogP contribution is -2.39. The molecule has 0 bridgehead atoms. The lowest BCUT2D eigenvalue weighted by molar-refractivity contribution is -0.150. The molecular weight excluding hydrogens is 358 g/mol. The Hall–Kier alpha value is -2.67. The molecular formula is C21H27N3O4. The van der Waals surface area contributed by atoms with Crippen molar-refractivity contribution in [3.63, 3.8) is 0 Å². The first-order valence-electron chi connectivity index (χ1n) is 9.78. The molecule has 1 saturated carbocycles. The molecule has 3 N–H and O–H groups in total. The SMILES string of the molecule is CCOCC(=O)Nc1cnc2ccccc2c1NCC1(C(=O)O)CCCCC1. The lowest BCUT2D eigenvalue weighted by Gasteiger charge is -2.34. The zero-order chi connectivity index (χ0) is 20.0. The summed E-state index contributed by atoms with van der Waals surface area (Å²) in [6.45, 7) is 2.55. The molecule has 150 valence electrons. The first-order valence-corrected chi connectivity index (χ1v) is 9.78. The number of ether oxygens (including phenoxy) is 1. The van der Waals surface area contributed by atoms with Gasteiger partial charge in [-0.1, -0.05) is 37.5 Å². The van der Waals surface area contributed by atoms with Gasteiger partial charge in [0, 0.05) is 18.5 Å². The summed E-state index contributed by atoms with van der Waals surface area (Å²) < 4.78 is 5.17. The molecule has 0 spiro atoms. The zero-order valence-electron chi connectivity index (χ0n) is 16.2. The second-order valence-corrected chi connectivity index (χ2v) is 7.25. The minimum absolute atomic E-state index is 0.0399. The summed E-state index contributed by atoms with van der Waals surface area (Å²) in [4.78, 5) is 28.6. The Morgan fingerprint density at radius 3 is 2.68 bits per heavy atom. The highest BCUT2D eigenvalue weighted by molar-refractivity contribution is 6.03. The van der Waals surface area contributed by atoms with Crippen LogP contribution in [0.4, 0.5) is 11.4 Å². The highest BCUT2D eigenvalue weighted by Crippen LogP contribution is 2.38. The van der Waals surface area contributed by atoms with Gasteiger partial charge in [0.15, 0.2) is 0 Å². The number of carbonyl (C=O) groups excluding carboxylic acids is 1. The molecule has 1 amide bonds. The van der Waals surface area contributed by atoms with Gasteiger partial charge in [-0.05, 0) is 25.8 Å². The summed E-state index contributed by atoms with van der Waals surface area (Å²) in [5, 5.41) is 16.9. The maximum absolute atomic E-state index is 12.2. The molecule has 2 aromatic rings. The molecule has 28 heavy (non-hydrogen) atoms. The number of rotatable bonds is 8. The van der Waals surface area contributed by atoms with Gasteiger partial charge < -0.3 is 20.5 Å². The fraction of sp³-hybridized carbons (Fsp3) is 0.476. The predicted molar refractivity (Wildman–Crippen MR) is 109 cm³/mol. The summed E-state index contributed by atoms with van der Waals surface area (Å²) in [6, 6.07) is 7.60. The molecule has 1 aliphatic carbocycles. The molecule has 0 atom stereocenters. The monoisotopic (exact) mass is 385 g/mol. The molecule has 0 unspecified atom stereocenters. The zero-order valence-corrected chi connectivity index (χ0v) is 16.2. The Labute approximate surface area is 164 Å². The molecule has 1 heterocycles. The van der Waals surface area contributed by atoms with Crippen molar-refractivity contribution in [3.8, 4) is 0 Å². The van der Waals surface area contributed by atoms with Crippen molar-refractivity contribution in [1.82, 2.24) is 4.98 Å². The first-order chi connectivity index (χ1) is 13.6. The van der Waals surface area contributed by atoms with Crippen LogP contribution < -0.4 is 10.6 Å². The Morgan fingerprint density at radius 1 is 1.21 bits per heavy atom. The average Bonchev–Trinajstić information content (AvgIpc) is 2.72. The van der Waals surface area contributed by atoms with E-state index in [2.05, 4.69) is 15.6 Å². The standard InChI is InChI=1S/C21H27N3O4/c1-2-28-13-18(25)24-17-12-22-16-9-5-4-8-15(16)19(17)23-14-21(20(26)27)10-6-3-7-11-21/h4-5,8-9,12H,2-3,6-7,10-11,13-14H2,1H3,(H,22,23)(H,24,25)(H,26,27). The van der Waals surface area contributed by atoms with Crippen LogP contribution >= 0.6 is 0 Å². The number of carboxylic acid groups (broad SMARTS) is 1. The van der Waals surface area contributed by atoms with Gasteiger partial charge in [-0.15, -0.1) is 0 Å². The predicted octanol–water partition coefficient (Wildman–Crippen LogP) is 3.66. The smallest absolute Gasteiger partial charge is 0.311 e. The molecule has 7 heteroatoms. The quantitative estimate of drug-likeness (QED) is 0.641. The third kappa shape index (κ3) is 4.42. The molecule has 1 fully saturated rings. The van der Waals surface area contributed by atoms with Crippen LogP contribution in [-0.4, -0.2) is 41.7 Å². The van der Waals surface area contributed by atoms with Crippen LogP contribution in [0.1, 0.15) is 39.0 Å². The van der Waals surface area contributed by atoms with Crippen molar-refractivity contribution < 1.29 is 19.4 Å². The number of hydrogen-bond donors (Lipinski definition) is 3. The number of amides is 1. The minimum Gasteiger partial charge on any atom is -0.481 e. The molecule has 7 nitrogen and oxygen atoms in total. The number of nitrogens with zero attached hydrogens (tertiary/aromatic N) is 1. The normalized spacial score (nSPS) is 15.9. The number of aliphatic carboxylic acids is 1. The highest BCUT2D eigenvalue weighted by Gasteiger charge is 2.39. The van der Waals surface area contributed by atoms with E-state index in [1.807, 2.05) is 31.2 Å². The Balaban J connectivity index is 1.89. The van der Waals surface area contributed by atoms with Crippen LogP contribution in [0.5, 0.6) is 0 Å². The fourth-order valence-electron chi connectivity index (χ4n) is 3.76. The maximum atomic E-state index is 12.2. The number of hydrogen-bond acceptors (Lipinski definition) is 5. The third-order valence-corrected chi connectivity index (χ3v) is 5.35. The van der Waals surface area contributed by atoms with E-state index >= 15 is 0 Å². The van der Waals surface area contributed by atoms with E-state index in [0.717, 1.165) is 30.2 Å². The fourth-order valence-corrected chi connectivity index (χ4v) is 3.76. The Kier molecular flexibility index (Phi) is 6.46. The van der Waals surface area contributed by atoms with Crippen molar-refractivity contribution >= 4 is 34.2 Å². The molecule has 1 aromatic carbocycles. The van der Waals surface area contributed by atoms with Gasteiger partial charge in [-0.2, -0.15) is 0 Å². The van der Waals surface area contributed by atoms with Crippen molar-refractivity contribution in [1.29, 1.82) is 0 Å². The second kappa shape index (κ2) is 9.01. The van der Waals surface area contributed by atoms with Crippen molar-refractivity contribution in [2.45, 2.75) is 39.0 Å². The molecule has 3 rings (SSSR count). The number of para-hydroxylation sites is 1. The molecule has 1 aliphatic rings. The summed E-state index contributed by atoms with van der Waals surface area (Å²) in [6.07, 6.45) is 5.83. The van der Waals surface area contributed by atoms with Crippen molar-refractivity contribution in [2.75, 3.05) is 30.4 Å². The van der Waals surface area contributed by atoms with Crippen LogP contribution in [0.2, 0.25) is 0 Å². The summed E-state index contributed by atoms with van der Waals surface area (Å²) in [5.41, 5.74) is 1.22. The number of aromatic nitrogens is 1. The number of carboxylic acids is 1. The molecule has 0 saturated heterocycles. The van der Waals surface area contributed by atoms with Gasteiger partial charge in [-0.3, -0.25) is 14.6 Å². The number of nitrogens with one attached hydrogen (secondary N) is 2. The first kappa shape index (κ1) is 20.1. The van der Waals surface area contributed by atoms with Gasteiger partial charge in [0.05, 0.1) is 28.5 Å². The van der Waals surface area contributed by atoms with E-state index in [9.17, 15) is 14.7 Å². The maximum Gasteiger partial charge on any atom is 0.311 e. The summed E-state index contributed by atoms with van der Waals surface area (Å²) in [7, 11) is 0. The number of benzene rings is 1. The minimum atomic E-state index is -0.783. The number of anilines is 2. The van der Waals surface area contributed by atoms with E-state index in [-0.39, 0.29) is 12.5 Å². The Morgan fingerprint density at radius 2 is 1.96 bits per heavy atom. The van der Waals surface area contributed by atoms with E-state index < -0.39 is 11.4 Å². The van der Waals surface area contributed by atoms with Gasteiger partial charge in [-0.25, -0.2) is 0 Å². The number of pyridine rings is 1. The highest BCUT2D eigenvalue weighted by atomic mass is 16.5. The summed E-state index contributed by atoms with van der Waals surface area (Å²) in [5.74, 6) is -1.03. The average molecular weight is 385 g/mol. The van der Waals surface area contributed by atoms with E-state index in [1.54, 1.807) is 6.20 Å². The second-order valence-electron chi connectivity index (χ2n) is 7.25. The van der Waals surface area contributed by atoms with E-state index in [4.69, 9.17) is 4.74 Å². The topological polar surface area (TPSA) is 101 Å². The van der Waals surface area contributed by atoms with E-state index in [0.29, 0.717) is 37.4 Å². The third-order valence-electron chi connectivity index (χ3n) is 5.35. The van der Waals surface area contributed by atoms with Crippen molar-refractivity contribution in [2.24, 2.45) is 5.41 Å². The molecule has 0 radical (unpaired) electrons. The van der Waals surface area contributed by atoms with Gasteiger partial charge in [0.1, 0.15) is 6.61 Å². The lowest BCUT2D eigenvalue weighted by atomic mass is 9.74. The van der Waals surface area contributed by atoms with Crippen LogP contribution in [0.15, 0.2) is 30.5 Å². The van der Waals surface area contributed by atoms with Crippen LogP contribution in [-0.2, 0) is 14.3 Å². The van der Waals surface area contributed by atoms with Gasteiger partial charge in [0.2, 0.25) is 5.91 Å².